The van der Waals surface area contributed by atoms with Crippen molar-refractivity contribution < 1.29 is 19.5 Å². The van der Waals surface area contributed by atoms with Crippen LogP contribution in [-0.2, 0) is 14.4 Å². The molecular weight excluding hydrogens is 234 g/mol. The van der Waals surface area contributed by atoms with Gasteiger partial charge in [0.2, 0.25) is 0 Å². The van der Waals surface area contributed by atoms with E-state index in [0.29, 0.717) is 12.8 Å². The summed E-state index contributed by atoms with van der Waals surface area (Å²) in [7, 11) is 0. The van der Waals surface area contributed by atoms with E-state index in [1.165, 1.54) is 0 Å². The fraction of sp³-hybridized carbons (Fsp3) is 0.615. The van der Waals surface area contributed by atoms with Gasteiger partial charge < -0.3 is 9.94 Å². The summed E-state index contributed by atoms with van der Waals surface area (Å²) >= 11 is 0. The van der Waals surface area contributed by atoms with Crippen molar-refractivity contribution in [1.82, 2.24) is 0 Å². The lowest BCUT2D eigenvalue weighted by Gasteiger charge is -2.21. The zero-order valence-corrected chi connectivity index (χ0v) is 10.2. The van der Waals surface area contributed by atoms with Crippen molar-refractivity contribution in [3.63, 3.8) is 0 Å². The predicted molar refractivity (Wildman–Crippen MR) is 65.0 cm³/mol. The fourth-order valence-corrected chi connectivity index (χ4v) is 2.40. The van der Waals surface area contributed by atoms with Crippen molar-refractivity contribution in [2.24, 2.45) is 17.0 Å². The topological polar surface area (TPSA) is 76.0 Å². The van der Waals surface area contributed by atoms with Crippen LogP contribution in [0.15, 0.2) is 17.3 Å². The highest BCUT2D eigenvalue weighted by molar-refractivity contribution is 5.87. The Morgan fingerprint density at radius 1 is 1.17 bits per heavy atom. The van der Waals surface area contributed by atoms with Crippen LogP contribution < -0.4 is 0 Å². The summed E-state index contributed by atoms with van der Waals surface area (Å²) in [4.78, 5) is 27.8. The standard InChI is InChI=1S/C13H17NO4/c15-12(16)10-7-3-4-8-11(10)13(17)18-14-9-5-1-2-6-9/h3-4,10-11H,1-2,5-8H2,(H,15,16)/t10-,11-/m0/s1. The summed E-state index contributed by atoms with van der Waals surface area (Å²) in [5.41, 5.74) is 0.904. The van der Waals surface area contributed by atoms with Gasteiger partial charge in [-0.05, 0) is 38.5 Å². The average molecular weight is 251 g/mol. The minimum Gasteiger partial charge on any atom is -0.481 e. The third-order valence-corrected chi connectivity index (χ3v) is 3.50. The van der Waals surface area contributed by atoms with Crippen LogP contribution in [0.5, 0.6) is 0 Å². The zero-order chi connectivity index (χ0) is 13.0. The minimum absolute atomic E-state index is 0.381. The van der Waals surface area contributed by atoms with E-state index in [1.54, 1.807) is 6.08 Å². The molecule has 0 unspecified atom stereocenters. The van der Waals surface area contributed by atoms with Gasteiger partial charge in [0.15, 0.2) is 0 Å². The Bertz CT molecular complexity index is 392. The van der Waals surface area contributed by atoms with Gasteiger partial charge in [-0.3, -0.25) is 4.79 Å². The lowest BCUT2D eigenvalue weighted by Crippen LogP contribution is -2.31. The number of nitrogens with zero attached hydrogens (tertiary/aromatic N) is 1. The normalized spacial score (nSPS) is 27.0. The third kappa shape index (κ3) is 2.97. The molecule has 0 saturated heterocycles. The number of carbonyl (C=O) groups is 2. The third-order valence-electron chi connectivity index (χ3n) is 3.50. The lowest BCUT2D eigenvalue weighted by molar-refractivity contribution is -0.157. The molecule has 0 aromatic carbocycles. The first kappa shape index (κ1) is 12.8. The summed E-state index contributed by atoms with van der Waals surface area (Å²) in [6.07, 6.45) is 8.34. The molecule has 5 nitrogen and oxygen atoms in total. The number of allylic oxidation sites excluding steroid dienone is 2. The number of carbonyl (C=O) groups excluding carboxylic acids is 1. The summed E-state index contributed by atoms with van der Waals surface area (Å²) in [6.45, 7) is 0. The minimum atomic E-state index is -0.949. The molecule has 1 fully saturated rings. The number of aliphatic carboxylic acids is 1. The highest BCUT2D eigenvalue weighted by atomic mass is 16.7. The molecule has 0 amide bonds. The second-order valence-corrected chi connectivity index (χ2v) is 4.77. The van der Waals surface area contributed by atoms with E-state index in [-0.39, 0.29) is 0 Å². The van der Waals surface area contributed by atoms with Gasteiger partial charge in [0, 0.05) is 0 Å². The monoisotopic (exact) mass is 251 g/mol. The molecule has 98 valence electrons. The highest BCUT2D eigenvalue weighted by Crippen LogP contribution is 2.27. The quantitative estimate of drug-likeness (QED) is 0.473. The average Bonchev–Trinajstić information content (AvgIpc) is 2.89. The highest BCUT2D eigenvalue weighted by Gasteiger charge is 2.35. The van der Waals surface area contributed by atoms with Crippen LogP contribution in [0.4, 0.5) is 0 Å². The molecule has 0 heterocycles. The van der Waals surface area contributed by atoms with Crippen molar-refractivity contribution in [1.29, 1.82) is 0 Å². The van der Waals surface area contributed by atoms with E-state index >= 15 is 0 Å². The molecule has 2 rings (SSSR count). The second kappa shape index (κ2) is 5.80. The first-order valence-electron chi connectivity index (χ1n) is 6.33. The van der Waals surface area contributed by atoms with E-state index in [4.69, 9.17) is 9.94 Å². The Morgan fingerprint density at radius 2 is 1.78 bits per heavy atom. The Hall–Kier alpha value is -1.65. The van der Waals surface area contributed by atoms with Gasteiger partial charge in [-0.1, -0.05) is 17.3 Å². The molecule has 1 N–H and O–H groups in total. The van der Waals surface area contributed by atoms with Crippen LogP contribution in [0.3, 0.4) is 0 Å². The maximum Gasteiger partial charge on any atom is 0.339 e. The molecule has 0 aromatic rings. The molecule has 2 aliphatic rings. The van der Waals surface area contributed by atoms with E-state index in [0.717, 1.165) is 31.4 Å². The van der Waals surface area contributed by atoms with Crippen molar-refractivity contribution in [2.45, 2.75) is 38.5 Å². The maximum absolute atomic E-state index is 11.8. The Balaban J connectivity index is 1.96. The van der Waals surface area contributed by atoms with Gasteiger partial charge in [0.05, 0.1) is 17.5 Å². The largest absolute Gasteiger partial charge is 0.481 e. The van der Waals surface area contributed by atoms with E-state index in [1.807, 2.05) is 6.08 Å². The Labute approximate surface area is 105 Å². The first-order valence-corrected chi connectivity index (χ1v) is 6.33. The number of carboxylic acids is 1. The Kier molecular flexibility index (Phi) is 4.12. The van der Waals surface area contributed by atoms with Crippen LogP contribution in [0.25, 0.3) is 0 Å². The maximum atomic E-state index is 11.8. The molecule has 2 aliphatic carbocycles. The molecule has 5 heteroatoms. The second-order valence-electron chi connectivity index (χ2n) is 4.77. The molecule has 0 spiro atoms. The lowest BCUT2D eigenvalue weighted by atomic mass is 9.83. The fourth-order valence-electron chi connectivity index (χ4n) is 2.40. The molecule has 0 bridgehead atoms. The summed E-state index contributed by atoms with van der Waals surface area (Å²) in [6, 6.07) is 0. The van der Waals surface area contributed by atoms with E-state index < -0.39 is 23.8 Å². The molecule has 0 radical (unpaired) electrons. The number of oxime groups is 1. The summed E-state index contributed by atoms with van der Waals surface area (Å²) in [5.74, 6) is -2.77. The summed E-state index contributed by atoms with van der Waals surface area (Å²) in [5, 5.41) is 12.9. The molecule has 18 heavy (non-hydrogen) atoms. The van der Waals surface area contributed by atoms with Gasteiger partial charge in [-0.25, -0.2) is 4.79 Å². The van der Waals surface area contributed by atoms with E-state index in [9.17, 15) is 9.59 Å². The van der Waals surface area contributed by atoms with E-state index in [2.05, 4.69) is 5.16 Å². The van der Waals surface area contributed by atoms with Crippen LogP contribution in [0, 0.1) is 11.8 Å². The Morgan fingerprint density at radius 3 is 2.39 bits per heavy atom. The van der Waals surface area contributed by atoms with Gasteiger partial charge in [0.25, 0.3) is 0 Å². The van der Waals surface area contributed by atoms with Crippen LogP contribution in [-0.4, -0.2) is 22.8 Å². The number of hydrogen-bond donors (Lipinski definition) is 1. The van der Waals surface area contributed by atoms with Crippen LogP contribution in [0.1, 0.15) is 38.5 Å². The number of rotatable bonds is 3. The van der Waals surface area contributed by atoms with Crippen molar-refractivity contribution in [3.8, 4) is 0 Å². The van der Waals surface area contributed by atoms with Gasteiger partial charge in [0.1, 0.15) is 0 Å². The SMILES string of the molecule is O=C(O)[C@H]1CC=CC[C@@H]1C(=O)ON=C1CCCC1. The van der Waals surface area contributed by atoms with Crippen molar-refractivity contribution in [3.05, 3.63) is 12.2 Å². The predicted octanol–water partition coefficient (Wildman–Crippen LogP) is 2.13. The molecule has 1 saturated carbocycles. The molecule has 0 aromatic heterocycles. The molecular formula is C13H17NO4. The first-order chi connectivity index (χ1) is 8.68. The van der Waals surface area contributed by atoms with Crippen LogP contribution >= 0.6 is 0 Å². The smallest absolute Gasteiger partial charge is 0.339 e. The summed E-state index contributed by atoms with van der Waals surface area (Å²) < 4.78 is 0. The van der Waals surface area contributed by atoms with Gasteiger partial charge >= 0.3 is 11.9 Å². The van der Waals surface area contributed by atoms with Gasteiger partial charge in [-0.2, -0.15) is 0 Å². The van der Waals surface area contributed by atoms with Gasteiger partial charge in [-0.15, -0.1) is 0 Å². The van der Waals surface area contributed by atoms with Crippen LogP contribution in [0.2, 0.25) is 0 Å². The van der Waals surface area contributed by atoms with Crippen molar-refractivity contribution in [2.75, 3.05) is 0 Å². The molecule has 2 atom stereocenters. The molecule has 0 aliphatic heterocycles. The zero-order valence-electron chi connectivity index (χ0n) is 10.2. The number of hydrogen-bond acceptors (Lipinski definition) is 4. The van der Waals surface area contributed by atoms with Crippen molar-refractivity contribution >= 4 is 17.7 Å². The number of carboxylic acid groups (broad SMARTS) is 1.